The van der Waals surface area contributed by atoms with Crippen molar-refractivity contribution in [2.24, 2.45) is 5.41 Å². The van der Waals surface area contributed by atoms with Crippen molar-refractivity contribution in [3.8, 4) is 6.07 Å². The van der Waals surface area contributed by atoms with Gasteiger partial charge in [-0.05, 0) is 24.8 Å². The zero-order chi connectivity index (χ0) is 15.7. The molecule has 1 heterocycles. The van der Waals surface area contributed by atoms with E-state index in [0.717, 1.165) is 25.7 Å². The lowest BCUT2D eigenvalue weighted by Gasteiger charge is -2.26. The van der Waals surface area contributed by atoms with E-state index in [4.69, 9.17) is 0 Å². The smallest absolute Gasteiger partial charge is 0.137 e. The van der Waals surface area contributed by atoms with Crippen LogP contribution in [-0.4, -0.2) is 14.8 Å². The molecule has 1 aromatic carbocycles. The summed E-state index contributed by atoms with van der Waals surface area (Å²) in [5.41, 5.74) is 0.926. The average Bonchev–Trinajstić information content (AvgIpc) is 3.06. The molecule has 0 aliphatic heterocycles. The van der Waals surface area contributed by atoms with E-state index in [0.29, 0.717) is 6.54 Å². The van der Waals surface area contributed by atoms with E-state index in [1.165, 1.54) is 24.7 Å². The molecule has 0 fully saturated rings. The maximum Gasteiger partial charge on any atom is 0.137 e. The molecule has 1 atom stereocenters. The number of hydrogen-bond donors (Lipinski definition) is 0. The van der Waals surface area contributed by atoms with Crippen molar-refractivity contribution in [1.82, 2.24) is 14.8 Å². The SMILES string of the molecule is CCCCCC(C#N)(CCc1ccccc1)Cn1cncn1. The van der Waals surface area contributed by atoms with E-state index >= 15 is 0 Å². The standard InChI is InChI=1S/C18H24N4/c1-2-3-7-11-18(13-19,14-22-16-20-15-21-22)12-10-17-8-5-4-6-9-17/h4-6,8-9,15-16H,2-3,7,10-12,14H2,1H3. The largest absolute Gasteiger partial charge is 0.251 e. The van der Waals surface area contributed by atoms with Gasteiger partial charge in [0, 0.05) is 0 Å². The Bertz CT molecular complexity index is 571. The molecule has 0 spiro atoms. The summed E-state index contributed by atoms with van der Waals surface area (Å²) >= 11 is 0. The molecule has 4 heteroatoms. The zero-order valence-corrected chi connectivity index (χ0v) is 13.3. The molecule has 0 radical (unpaired) electrons. The van der Waals surface area contributed by atoms with E-state index in [1.807, 2.05) is 6.07 Å². The molecule has 0 saturated heterocycles. The lowest BCUT2D eigenvalue weighted by Crippen LogP contribution is -2.26. The molecule has 116 valence electrons. The molecule has 2 aromatic rings. The molecule has 0 aliphatic rings. The van der Waals surface area contributed by atoms with E-state index < -0.39 is 0 Å². The molecular formula is C18H24N4. The first-order chi connectivity index (χ1) is 10.8. The summed E-state index contributed by atoms with van der Waals surface area (Å²) in [6.45, 7) is 2.81. The van der Waals surface area contributed by atoms with Crippen molar-refractivity contribution in [1.29, 1.82) is 5.26 Å². The number of nitrogens with zero attached hydrogens (tertiary/aromatic N) is 4. The number of unbranched alkanes of at least 4 members (excludes halogenated alkanes) is 2. The third-order valence-corrected chi connectivity index (χ3v) is 4.16. The monoisotopic (exact) mass is 296 g/mol. The van der Waals surface area contributed by atoms with Gasteiger partial charge in [-0.3, -0.25) is 4.68 Å². The Labute approximate surface area is 132 Å². The van der Waals surface area contributed by atoms with Gasteiger partial charge >= 0.3 is 0 Å². The first-order valence-electron chi connectivity index (χ1n) is 8.05. The molecular weight excluding hydrogens is 272 g/mol. The van der Waals surface area contributed by atoms with Crippen molar-refractivity contribution in [2.75, 3.05) is 0 Å². The van der Waals surface area contributed by atoms with E-state index in [1.54, 1.807) is 11.0 Å². The number of rotatable bonds is 9. The summed E-state index contributed by atoms with van der Waals surface area (Å²) in [5, 5.41) is 14.0. The number of benzene rings is 1. The summed E-state index contributed by atoms with van der Waals surface area (Å²) in [4.78, 5) is 4.00. The van der Waals surface area contributed by atoms with Crippen molar-refractivity contribution in [2.45, 2.75) is 52.0 Å². The van der Waals surface area contributed by atoms with Gasteiger partial charge in [-0.2, -0.15) is 10.4 Å². The third-order valence-electron chi connectivity index (χ3n) is 4.16. The van der Waals surface area contributed by atoms with Crippen LogP contribution in [0.25, 0.3) is 0 Å². The van der Waals surface area contributed by atoms with Crippen LogP contribution in [-0.2, 0) is 13.0 Å². The second kappa shape index (κ2) is 8.33. The van der Waals surface area contributed by atoms with Crippen molar-refractivity contribution in [3.63, 3.8) is 0 Å². The Kier molecular flexibility index (Phi) is 6.14. The predicted octanol–water partition coefficient (Wildman–Crippen LogP) is 4.00. The molecule has 0 bridgehead atoms. The molecule has 1 aromatic heterocycles. The van der Waals surface area contributed by atoms with Crippen LogP contribution < -0.4 is 0 Å². The van der Waals surface area contributed by atoms with Gasteiger partial charge in [-0.15, -0.1) is 0 Å². The highest BCUT2D eigenvalue weighted by Crippen LogP contribution is 2.32. The number of aromatic nitrogens is 3. The van der Waals surface area contributed by atoms with Crippen LogP contribution >= 0.6 is 0 Å². The fourth-order valence-electron chi connectivity index (χ4n) is 2.80. The van der Waals surface area contributed by atoms with Crippen molar-refractivity contribution >= 4 is 0 Å². The van der Waals surface area contributed by atoms with Crippen molar-refractivity contribution < 1.29 is 0 Å². The number of aryl methyl sites for hydroxylation is 1. The van der Waals surface area contributed by atoms with Gasteiger partial charge in [0.15, 0.2) is 0 Å². The van der Waals surface area contributed by atoms with Gasteiger partial charge in [-0.25, -0.2) is 4.98 Å². The van der Waals surface area contributed by atoms with Crippen molar-refractivity contribution in [3.05, 3.63) is 48.5 Å². The Balaban J connectivity index is 2.06. The maximum atomic E-state index is 9.84. The summed E-state index contributed by atoms with van der Waals surface area (Å²) in [6.07, 6.45) is 9.37. The van der Waals surface area contributed by atoms with Crippen LogP contribution in [0.1, 0.15) is 44.6 Å². The van der Waals surface area contributed by atoms with Crippen LogP contribution in [0.2, 0.25) is 0 Å². The second-order valence-electron chi connectivity index (χ2n) is 5.93. The predicted molar refractivity (Wildman–Crippen MR) is 87.0 cm³/mol. The molecule has 0 aliphatic carbocycles. The molecule has 0 saturated carbocycles. The molecule has 22 heavy (non-hydrogen) atoms. The highest BCUT2D eigenvalue weighted by atomic mass is 15.3. The molecule has 2 rings (SSSR count). The van der Waals surface area contributed by atoms with Crippen LogP contribution in [0.4, 0.5) is 0 Å². The quantitative estimate of drug-likeness (QED) is 0.657. The Hall–Kier alpha value is -2.15. The van der Waals surface area contributed by atoms with Crippen LogP contribution in [0.3, 0.4) is 0 Å². The van der Waals surface area contributed by atoms with Gasteiger partial charge < -0.3 is 0 Å². The average molecular weight is 296 g/mol. The first kappa shape index (κ1) is 16.2. The number of nitriles is 1. The second-order valence-corrected chi connectivity index (χ2v) is 5.93. The Morgan fingerprint density at radius 2 is 2.00 bits per heavy atom. The third kappa shape index (κ3) is 4.70. The minimum absolute atomic E-state index is 0.362. The maximum absolute atomic E-state index is 9.84. The summed E-state index contributed by atoms with van der Waals surface area (Å²) in [6, 6.07) is 13.0. The topological polar surface area (TPSA) is 54.5 Å². The van der Waals surface area contributed by atoms with Gasteiger partial charge in [0.1, 0.15) is 12.7 Å². The lowest BCUT2D eigenvalue weighted by molar-refractivity contribution is 0.263. The molecule has 0 amide bonds. The van der Waals surface area contributed by atoms with E-state index in [2.05, 4.69) is 47.3 Å². The normalized spacial score (nSPS) is 13.5. The van der Waals surface area contributed by atoms with E-state index in [9.17, 15) is 5.26 Å². The molecule has 4 nitrogen and oxygen atoms in total. The van der Waals surface area contributed by atoms with Gasteiger partial charge in [0.2, 0.25) is 0 Å². The summed E-state index contributed by atoms with van der Waals surface area (Å²) < 4.78 is 1.79. The fraction of sp³-hybridized carbons (Fsp3) is 0.500. The summed E-state index contributed by atoms with van der Waals surface area (Å²) in [5.74, 6) is 0. The minimum atomic E-state index is -0.362. The van der Waals surface area contributed by atoms with Crippen LogP contribution in [0.15, 0.2) is 43.0 Å². The summed E-state index contributed by atoms with van der Waals surface area (Å²) in [7, 11) is 0. The molecule has 1 unspecified atom stereocenters. The Morgan fingerprint density at radius 3 is 2.64 bits per heavy atom. The molecule has 0 N–H and O–H groups in total. The van der Waals surface area contributed by atoms with Gasteiger partial charge in [-0.1, -0.05) is 56.5 Å². The first-order valence-corrected chi connectivity index (χ1v) is 8.05. The zero-order valence-electron chi connectivity index (χ0n) is 13.3. The Morgan fingerprint density at radius 1 is 1.18 bits per heavy atom. The van der Waals surface area contributed by atoms with Gasteiger partial charge in [0.05, 0.1) is 18.0 Å². The number of hydrogen-bond acceptors (Lipinski definition) is 3. The lowest BCUT2D eigenvalue weighted by atomic mass is 9.79. The fourth-order valence-corrected chi connectivity index (χ4v) is 2.80. The highest BCUT2D eigenvalue weighted by Gasteiger charge is 2.30. The van der Waals surface area contributed by atoms with Crippen LogP contribution in [0, 0.1) is 16.7 Å². The minimum Gasteiger partial charge on any atom is -0.251 e. The van der Waals surface area contributed by atoms with Crippen LogP contribution in [0.5, 0.6) is 0 Å². The van der Waals surface area contributed by atoms with E-state index in [-0.39, 0.29) is 5.41 Å². The highest BCUT2D eigenvalue weighted by molar-refractivity contribution is 5.15. The van der Waals surface area contributed by atoms with Gasteiger partial charge in [0.25, 0.3) is 0 Å².